The van der Waals surface area contributed by atoms with Crippen molar-refractivity contribution in [2.75, 3.05) is 11.9 Å². The van der Waals surface area contributed by atoms with E-state index in [9.17, 15) is 29.9 Å². The van der Waals surface area contributed by atoms with E-state index in [1.54, 1.807) is 36.4 Å². The molecule has 1 fully saturated rings. The summed E-state index contributed by atoms with van der Waals surface area (Å²) in [6.07, 6.45) is -0.802. The largest absolute Gasteiger partial charge is 0.460 e. The van der Waals surface area contributed by atoms with Gasteiger partial charge in [0, 0.05) is 22.3 Å². The number of aromatic nitrogens is 2. The Morgan fingerprint density at radius 3 is 1.75 bits per heavy atom. The van der Waals surface area contributed by atoms with Gasteiger partial charge in [-0.2, -0.15) is 4.99 Å². The molecule has 7 rings (SSSR count). The lowest BCUT2D eigenvalue weighted by atomic mass is 9.69. The molecule has 2 aliphatic rings. The lowest BCUT2D eigenvalue weighted by Gasteiger charge is -2.42. The highest BCUT2D eigenvalue weighted by Gasteiger charge is 2.76. The Morgan fingerprint density at radius 2 is 1.26 bits per heavy atom. The molecule has 0 bridgehead atoms. The minimum atomic E-state index is -3.22. The van der Waals surface area contributed by atoms with Gasteiger partial charge in [0.25, 0.3) is 5.78 Å². The number of amidine groups is 1. The number of aliphatic hydroxyl groups excluding tert-OH is 1. The molecule has 0 aliphatic carbocycles. The number of carbonyl (C=O) groups excluding carboxylic acids is 4. The fourth-order valence-electron chi connectivity index (χ4n) is 6.99. The molecule has 0 amide bonds. The van der Waals surface area contributed by atoms with E-state index >= 15 is 9.59 Å². The Hall–Kier alpha value is -6.68. The number of fused-ring (bicyclic) bond motifs is 1. The van der Waals surface area contributed by atoms with Gasteiger partial charge in [-0.15, -0.1) is 0 Å². The maximum Gasteiger partial charge on any atom is 0.460 e. The highest BCUT2D eigenvalue weighted by molar-refractivity contribution is 6.16. The van der Waals surface area contributed by atoms with Crippen molar-refractivity contribution < 1.29 is 39.1 Å². The molecule has 53 heavy (non-hydrogen) atoms. The van der Waals surface area contributed by atoms with Gasteiger partial charge < -0.3 is 20.7 Å². The topological polar surface area (TPSA) is 229 Å². The van der Waals surface area contributed by atoms with Gasteiger partial charge in [0.1, 0.15) is 17.8 Å². The summed E-state index contributed by atoms with van der Waals surface area (Å²) in [5.74, 6) is -10.4. The number of ether oxygens (including phenoxy) is 1. The molecule has 15 nitrogen and oxygen atoms in total. The lowest BCUT2D eigenvalue weighted by Crippen LogP contribution is -2.66. The minimum absolute atomic E-state index is 0.0183. The fourth-order valence-corrected chi connectivity index (χ4v) is 6.99. The first-order valence-corrected chi connectivity index (χ1v) is 16.3. The molecule has 1 aromatic heterocycles. The van der Waals surface area contributed by atoms with E-state index in [4.69, 9.17) is 10.5 Å². The van der Waals surface area contributed by atoms with E-state index < -0.39 is 75.5 Å². The quantitative estimate of drug-likeness (QED) is 0.0880. The highest BCUT2D eigenvalue weighted by atomic mass is 16.6. The number of nitrogens with one attached hydrogen (secondary N) is 1. The number of benzene rings is 4. The number of anilines is 1. The number of rotatable bonds is 11. The summed E-state index contributed by atoms with van der Waals surface area (Å²) in [4.78, 5) is 78.8. The molecule has 5 aromatic rings. The number of carbonyl (C=O) groups is 4. The van der Waals surface area contributed by atoms with Crippen molar-refractivity contribution in [3.63, 3.8) is 0 Å². The smallest absolute Gasteiger partial charge is 0.394 e. The minimum Gasteiger partial charge on any atom is -0.394 e. The van der Waals surface area contributed by atoms with Crippen LogP contribution < -0.4 is 11.1 Å². The lowest BCUT2D eigenvalue weighted by molar-refractivity contribution is -0.539. The van der Waals surface area contributed by atoms with Gasteiger partial charge in [0.2, 0.25) is 17.3 Å². The summed E-state index contributed by atoms with van der Waals surface area (Å²) >= 11 is 0. The fraction of sp³-hybridized carbons (Fsp3) is 0.158. The normalized spacial score (nSPS) is 24.7. The average molecular weight is 715 g/mol. The average Bonchev–Trinajstić information content (AvgIpc) is 3.75. The van der Waals surface area contributed by atoms with E-state index in [0.29, 0.717) is 0 Å². The molecule has 15 heteroatoms. The highest BCUT2D eigenvalue weighted by Crippen LogP contribution is 2.53. The van der Waals surface area contributed by atoms with Crippen molar-refractivity contribution in [3.05, 3.63) is 166 Å². The Kier molecular flexibility index (Phi) is 8.61. The molecular formula is C38H30N6O9. The van der Waals surface area contributed by atoms with Crippen LogP contribution in [0, 0.1) is 16.0 Å². The molecule has 5 N–H and O–H groups in total. The Labute approximate surface area is 300 Å². The van der Waals surface area contributed by atoms with Crippen molar-refractivity contribution in [1.82, 2.24) is 9.55 Å². The summed E-state index contributed by atoms with van der Waals surface area (Å²) < 4.78 is 7.22. The molecule has 5 atom stereocenters. The van der Waals surface area contributed by atoms with Crippen molar-refractivity contribution in [2.24, 2.45) is 16.6 Å². The van der Waals surface area contributed by atoms with E-state index in [1.165, 1.54) is 84.9 Å². The predicted octanol–water partition coefficient (Wildman–Crippen LogP) is 2.87. The zero-order chi connectivity index (χ0) is 37.5. The van der Waals surface area contributed by atoms with Crippen LogP contribution in [-0.4, -0.2) is 77.8 Å². The molecule has 266 valence electrons. The maximum absolute atomic E-state index is 15.2. The first kappa shape index (κ1) is 34.8. The van der Waals surface area contributed by atoms with Crippen LogP contribution in [0.3, 0.4) is 0 Å². The van der Waals surface area contributed by atoms with Crippen LogP contribution >= 0.6 is 0 Å². The monoisotopic (exact) mass is 714 g/mol. The molecule has 2 aliphatic heterocycles. The number of aliphatic imine (C=N–C) groups is 1. The van der Waals surface area contributed by atoms with Crippen molar-refractivity contribution in [2.45, 2.75) is 23.2 Å². The van der Waals surface area contributed by atoms with E-state index in [0.717, 1.165) is 10.9 Å². The zero-order valence-electron chi connectivity index (χ0n) is 27.6. The van der Waals surface area contributed by atoms with Gasteiger partial charge in [-0.25, -0.2) is 4.98 Å². The number of nitro groups is 1. The molecule has 0 radical (unpaired) electrons. The standard InChI is InChI=1S/C38H30N6O9/c39-34-29-35(42-38(41-34,44(51)52)33(49)26-19-11-4-12-20-26)43(22-40-29)37(32(48)25-17-9-3-10-18-25)36(50,31(47)24-15-7-2-8-16-24)28(27(21-45)53-37)30(46)23-13-5-1-6-14-23/h1-20,22,27-28,42,45,50H,21H2,(H2,39,41)/t27-,28?,36+,37-,38?/m1/s1. The van der Waals surface area contributed by atoms with Gasteiger partial charge >= 0.3 is 5.79 Å². The third kappa shape index (κ3) is 5.17. The van der Waals surface area contributed by atoms with Gasteiger partial charge in [-0.05, 0) is 0 Å². The number of nitrogens with two attached hydrogens (primary N) is 1. The third-order valence-electron chi connectivity index (χ3n) is 9.45. The van der Waals surface area contributed by atoms with E-state index in [2.05, 4.69) is 15.3 Å². The predicted molar refractivity (Wildman–Crippen MR) is 188 cm³/mol. The molecule has 3 heterocycles. The van der Waals surface area contributed by atoms with Crippen LogP contribution in [0.2, 0.25) is 0 Å². The Balaban J connectivity index is 1.55. The van der Waals surface area contributed by atoms with Crippen LogP contribution in [0.1, 0.15) is 47.1 Å². The molecule has 0 spiro atoms. The van der Waals surface area contributed by atoms with Gasteiger partial charge in [0.15, 0.2) is 17.2 Å². The van der Waals surface area contributed by atoms with Crippen LogP contribution in [0.4, 0.5) is 5.82 Å². The van der Waals surface area contributed by atoms with E-state index in [1.807, 2.05) is 0 Å². The molecule has 0 saturated carbocycles. The second kappa shape index (κ2) is 13.1. The van der Waals surface area contributed by atoms with Crippen LogP contribution in [0.15, 0.2) is 133 Å². The number of Topliss-reactive ketones (excluding diaryl/α,β-unsaturated/α-hetero) is 4. The number of nitrogens with zero attached hydrogens (tertiary/aromatic N) is 4. The first-order valence-electron chi connectivity index (χ1n) is 16.3. The van der Waals surface area contributed by atoms with Gasteiger partial charge in [-0.3, -0.25) is 39.2 Å². The number of ketones is 4. The summed E-state index contributed by atoms with van der Waals surface area (Å²) in [7, 11) is 0. The zero-order valence-corrected chi connectivity index (χ0v) is 27.6. The van der Waals surface area contributed by atoms with Crippen molar-refractivity contribution in [3.8, 4) is 0 Å². The Bertz CT molecular complexity index is 2280. The van der Waals surface area contributed by atoms with Crippen LogP contribution in [0.25, 0.3) is 0 Å². The van der Waals surface area contributed by atoms with Gasteiger partial charge in [-0.1, -0.05) is 121 Å². The number of aliphatic hydroxyl groups is 2. The van der Waals surface area contributed by atoms with Crippen molar-refractivity contribution in [1.29, 1.82) is 0 Å². The van der Waals surface area contributed by atoms with Crippen molar-refractivity contribution >= 4 is 34.8 Å². The number of imidazole rings is 1. The SMILES string of the molecule is NC1=NC(C(=O)c2ccccc2)([N+](=O)[O-])Nc2c1ncn2[C@]1(C(=O)c2ccccc2)O[C@H](CO)C(C(=O)c2ccccc2)[C@]1(O)C(=O)c1ccccc1. The van der Waals surface area contributed by atoms with E-state index in [-0.39, 0.29) is 27.9 Å². The molecule has 4 aromatic carbocycles. The summed E-state index contributed by atoms with van der Waals surface area (Å²) in [5, 5.41) is 39.6. The molecular weight excluding hydrogens is 684 g/mol. The molecule has 1 saturated heterocycles. The number of hydrogen-bond acceptors (Lipinski definition) is 13. The molecule has 2 unspecified atom stereocenters. The maximum atomic E-state index is 15.2. The Morgan fingerprint density at radius 1 is 0.792 bits per heavy atom. The van der Waals surface area contributed by atoms with Gasteiger partial charge in [0.05, 0.1) is 23.6 Å². The second-order valence-electron chi connectivity index (χ2n) is 12.4. The third-order valence-corrected chi connectivity index (χ3v) is 9.45. The second-order valence-corrected chi connectivity index (χ2v) is 12.4. The summed E-state index contributed by atoms with van der Waals surface area (Å²) in [6.45, 7) is -0.976. The summed E-state index contributed by atoms with van der Waals surface area (Å²) in [5.41, 5.74) is -0.683. The first-order chi connectivity index (χ1) is 25.5. The van der Waals surface area contributed by atoms with Crippen LogP contribution in [0.5, 0.6) is 0 Å². The summed E-state index contributed by atoms with van der Waals surface area (Å²) in [6, 6.07) is 29.5. The van der Waals surface area contributed by atoms with Crippen LogP contribution in [-0.2, 0) is 10.5 Å². The number of hydrogen-bond donors (Lipinski definition) is 4.